The summed E-state index contributed by atoms with van der Waals surface area (Å²) < 4.78 is 0. The van der Waals surface area contributed by atoms with Crippen LogP contribution in [0.25, 0.3) is 0 Å². The molecule has 1 N–H and O–H groups in total. The minimum absolute atomic E-state index is 0.370. The average molecular weight is 268 g/mol. The number of nitrogens with zero attached hydrogens (tertiary/aromatic N) is 1. The van der Waals surface area contributed by atoms with E-state index in [0.717, 1.165) is 11.8 Å². The maximum atomic E-state index is 3.67. The maximum Gasteiger partial charge on any atom is 0.0358 e. The van der Waals surface area contributed by atoms with Crippen molar-refractivity contribution in [3.8, 4) is 0 Å². The molecular weight excluding hydrogens is 232 g/mol. The van der Waals surface area contributed by atoms with Crippen LogP contribution in [0.3, 0.4) is 0 Å². The number of hydrogen-bond donors (Lipinski definition) is 1. The second-order valence-electron chi connectivity index (χ2n) is 6.96. The third-order valence-corrected chi connectivity index (χ3v) is 5.62. The van der Waals surface area contributed by atoms with Crippen LogP contribution in [0.15, 0.2) is 0 Å². The molecule has 3 unspecified atom stereocenters. The van der Waals surface area contributed by atoms with E-state index in [-0.39, 0.29) is 0 Å². The lowest BCUT2D eigenvalue weighted by Crippen LogP contribution is -2.60. The van der Waals surface area contributed by atoms with Crippen LogP contribution >= 0.6 is 0 Å². The van der Waals surface area contributed by atoms with E-state index in [4.69, 9.17) is 0 Å². The van der Waals surface area contributed by atoms with Crippen LogP contribution in [0.1, 0.15) is 65.7 Å². The topological polar surface area (TPSA) is 15.3 Å². The van der Waals surface area contributed by atoms with Gasteiger partial charge in [-0.15, -0.1) is 0 Å². The monoisotopic (exact) mass is 268 g/mol. The van der Waals surface area contributed by atoms with Crippen LogP contribution in [0.5, 0.6) is 0 Å². The normalized spacial score (nSPS) is 30.0. The summed E-state index contributed by atoms with van der Waals surface area (Å²) in [6.07, 6.45) is 9.47. The van der Waals surface area contributed by atoms with Crippen LogP contribution < -0.4 is 5.32 Å². The van der Waals surface area contributed by atoms with Crippen molar-refractivity contribution in [3.63, 3.8) is 0 Å². The molecule has 2 heteroatoms. The quantitative estimate of drug-likeness (QED) is 0.753. The molecule has 0 aliphatic heterocycles. The van der Waals surface area contributed by atoms with E-state index in [1.807, 2.05) is 0 Å². The summed E-state index contributed by atoms with van der Waals surface area (Å²) in [5, 5.41) is 3.67. The molecule has 0 spiro atoms. The highest BCUT2D eigenvalue weighted by Crippen LogP contribution is 2.40. The standard InChI is InChI=1S/C17H36N2/c1-7-15(8-2)12-16(18-4)17(19(5)6)11-9-10-14(3)13-17/h14-16,18H,7-13H2,1-6H3. The summed E-state index contributed by atoms with van der Waals surface area (Å²) in [6, 6.07) is 0.634. The molecule has 0 amide bonds. The lowest BCUT2D eigenvalue weighted by Gasteiger charge is -2.51. The van der Waals surface area contributed by atoms with E-state index in [1.165, 1.54) is 44.9 Å². The molecule has 1 saturated carbocycles. The van der Waals surface area contributed by atoms with Gasteiger partial charge in [-0.1, -0.05) is 46.5 Å². The Bertz CT molecular complexity index is 248. The highest BCUT2D eigenvalue weighted by Gasteiger charge is 2.43. The highest BCUT2D eigenvalue weighted by molar-refractivity contribution is 5.02. The van der Waals surface area contributed by atoms with E-state index in [9.17, 15) is 0 Å². The molecule has 1 aliphatic carbocycles. The van der Waals surface area contributed by atoms with Gasteiger partial charge in [-0.25, -0.2) is 0 Å². The maximum absolute atomic E-state index is 3.67. The fourth-order valence-corrected chi connectivity index (χ4v) is 4.16. The van der Waals surface area contributed by atoms with Crippen LogP contribution in [0.4, 0.5) is 0 Å². The Morgan fingerprint density at radius 2 is 1.89 bits per heavy atom. The molecule has 1 rings (SSSR count). The van der Waals surface area contributed by atoms with Crippen molar-refractivity contribution in [2.45, 2.75) is 77.3 Å². The molecule has 0 bridgehead atoms. The van der Waals surface area contributed by atoms with Crippen LogP contribution in [-0.4, -0.2) is 37.6 Å². The molecular formula is C17H36N2. The van der Waals surface area contributed by atoms with Crippen molar-refractivity contribution in [2.75, 3.05) is 21.1 Å². The summed E-state index contributed by atoms with van der Waals surface area (Å²) in [7, 11) is 6.74. The van der Waals surface area contributed by atoms with Gasteiger partial charge >= 0.3 is 0 Å². The van der Waals surface area contributed by atoms with Gasteiger partial charge in [0.2, 0.25) is 0 Å². The molecule has 114 valence electrons. The van der Waals surface area contributed by atoms with Crippen molar-refractivity contribution in [3.05, 3.63) is 0 Å². The van der Waals surface area contributed by atoms with Gasteiger partial charge in [-0.05, 0) is 52.2 Å². The zero-order valence-corrected chi connectivity index (χ0v) is 14.1. The largest absolute Gasteiger partial charge is 0.315 e. The zero-order chi connectivity index (χ0) is 14.5. The SMILES string of the molecule is CCC(CC)CC(NC)C1(N(C)C)CCCC(C)C1. The lowest BCUT2D eigenvalue weighted by atomic mass is 9.69. The smallest absolute Gasteiger partial charge is 0.0358 e. The fraction of sp³-hybridized carbons (Fsp3) is 1.00. The Hall–Kier alpha value is -0.0800. The molecule has 0 aromatic rings. The van der Waals surface area contributed by atoms with E-state index >= 15 is 0 Å². The molecule has 19 heavy (non-hydrogen) atoms. The van der Waals surface area contributed by atoms with Gasteiger partial charge in [0, 0.05) is 11.6 Å². The Labute approximate surface area is 121 Å². The molecule has 0 heterocycles. The minimum atomic E-state index is 0.370. The van der Waals surface area contributed by atoms with Crippen molar-refractivity contribution in [1.29, 1.82) is 0 Å². The first-order chi connectivity index (χ1) is 9.00. The molecule has 1 fully saturated rings. The van der Waals surface area contributed by atoms with Gasteiger partial charge in [-0.3, -0.25) is 0 Å². The van der Waals surface area contributed by atoms with Crippen molar-refractivity contribution in [1.82, 2.24) is 10.2 Å². The van der Waals surface area contributed by atoms with Crippen molar-refractivity contribution in [2.24, 2.45) is 11.8 Å². The van der Waals surface area contributed by atoms with E-state index < -0.39 is 0 Å². The van der Waals surface area contributed by atoms with Gasteiger partial charge in [0.1, 0.15) is 0 Å². The highest BCUT2D eigenvalue weighted by atomic mass is 15.2. The van der Waals surface area contributed by atoms with E-state index in [0.29, 0.717) is 11.6 Å². The van der Waals surface area contributed by atoms with Crippen molar-refractivity contribution >= 4 is 0 Å². The molecule has 2 nitrogen and oxygen atoms in total. The Balaban J connectivity index is 2.87. The Morgan fingerprint density at radius 3 is 2.32 bits per heavy atom. The third kappa shape index (κ3) is 3.95. The predicted octanol–water partition coefficient (Wildman–Crippen LogP) is 3.91. The molecule has 0 aromatic carbocycles. The first kappa shape index (κ1) is 17.0. The second kappa shape index (κ2) is 7.64. The molecule has 0 radical (unpaired) electrons. The first-order valence-corrected chi connectivity index (χ1v) is 8.34. The molecule has 1 aliphatic rings. The predicted molar refractivity (Wildman–Crippen MR) is 85.6 cm³/mol. The van der Waals surface area contributed by atoms with Gasteiger partial charge in [0.05, 0.1) is 0 Å². The number of hydrogen-bond acceptors (Lipinski definition) is 2. The zero-order valence-electron chi connectivity index (χ0n) is 14.1. The van der Waals surface area contributed by atoms with Crippen LogP contribution in [0.2, 0.25) is 0 Å². The first-order valence-electron chi connectivity index (χ1n) is 8.34. The Morgan fingerprint density at radius 1 is 1.26 bits per heavy atom. The molecule has 0 saturated heterocycles. The van der Waals surface area contributed by atoms with E-state index in [2.05, 4.69) is 52.1 Å². The third-order valence-electron chi connectivity index (χ3n) is 5.62. The fourth-order valence-electron chi connectivity index (χ4n) is 4.16. The number of nitrogens with one attached hydrogen (secondary N) is 1. The average Bonchev–Trinajstić information content (AvgIpc) is 2.40. The lowest BCUT2D eigenvalue weighted by molar-refractivity contribution is 0.0307. The Kier molecular flexibility index (Phi) is 6.82. The summed E-state index contributed by atoms with van der Waals surface area (Å²) >= 11 is 0. The van der Waals surface area contributed by atoms with Gasteiger partial charge < -0.3 is 10.2 Å². The van der Waals surface area contributed by atoms with Gasteiger partial charge in [-0.2, -0.15) is 0 Å². The summed E-state index contributed by atoms with van der Waals surface area (Å²) in [4.78, 5) is 2.52. The molecule has 3 atom stereocenters. The van der Waals surface area contributed by atoms with Gasteiger partial charge in [0.25, 0.3) is 0 Å². The number of rotatable bonds is 7. The summed E-state index contributed by atoms with van der Waals surface area (Å²) in [6.45, 7) is 7.11. The van der Waals surface area contributed by atoms with Gasteiger partial charge in [0.15, 0.2) is 0 Å². The minimum Gasteiger partial charge on any atom is -0.315 e. The summed E-state index contributed by atoms with van der Waals surface area (Å²) in [5.74, 6) is 1.74. The molecule has 0 aromatic heterocycles. The summed E-state index contributed by atoms with van der Waals surface area (Å²) in [5.41, 5.74) is 0.370. The van der Waals surface area contributed by atoms with Crippen LogP contribution in [0, 0.1) is 11.8 Å². The van der Waals surface area contributed by atoms with Crippen molar-refractivity contribution < 1.29 is 0 Å². The number of likely N-dealkylation sites (N-methyl/N-ethyl adjacent to an activating group) is 2. The van der Waals surface area contributed by atoms with Crippen LogP contribution in [-0.2, 0) is 0 Å². The van der Waals surface area contributed by atoms with E-state index in [1.54, 1.807) is 0 Å². The second-order valence-corrected chi connectivity index (χ2v) is 6.96.